The van der Waals surface area contributed by atoms with E-state index in [0.717, 1.165) is 29.5 Å². The average molecular weight is 393 g/mol. The lowest BCUT2D eigenvalue weighted by molar-refractivity contribution is 0.144. The van der Waals surface area contributed by atoms with Gasteiger partial charge < -0.3 is 9.84 Å². The molecule has 2 aromatic carbocycles. The van der Waals surface area contributed by atoms with Crippen molar-refractivity contribution in [1.29, 1.82) is 5.26 Å². The van der Waals surface area contributed by atoms with Crippen molar-refractivity contribution in [2.75, 3.05) is 0 Å². The van der Waals surface area contributed by atoms with Gasteiger partial charge >= 0.3 is 6.16 Å². The number of hydrogen-bond donors (Lipinski definition) is 1. The van der Waals surface area contributed by atoms with Crippen LogP contribution in [0.25, 0.3) is 21.7 Å². The van der Waals surface area contributed by atoms with Crippen LogP contribution in [0.1, 0.15) is 5.56 Å². The summed E-state index contributed by atoms with van der Waals surface area (Å²) in [4.78, 5) is 15.1. The summed E-state index contributed by atoms with van der Waals surface area (Å²) in [7, 11) is 0. The predicted octanol–water partition coefficient (Wildman–Crippen LogP) is 5.34. The first kappa shape index (κ1) is 17.8. The fourth-order valence-corrected chi connectivity index (χ4v) is 3.43. The van der Waals surface area contributed by atoms with Gasteiger partial charge in [-0.15, -0.1) is 0 Å². The van der Waals surface area contributed by atoms with Crippen LogP contribution in [0.15, 0.2) is 36.4 Å². The lowest BCUT2D eigenvalue weighted by atomic mass is 10.0. The van der Waals surface area contributed by atoms with E-state index in [0.29, 0.717) is 10.4 Å². The molecule has 3 rings (SSSR count). The number of thiazole rings is 1. The highest BCUT2D eigenvalue weighted by Crippen LogP contribution is 2.41. The van der Waals surface area contributed by atoms with Crippen LogP contribution in [0.5, 0.6) is 5.19 Å². The van der Waals surface area contributed by atoms with Crippen LogP contribution in [0.3, 0.4) is 0 Å². The highest BCUT2D eigenvalue weighted by molar-refractivity contribution is 7.17. The molecule has 0 fully saturated rings. The highest BCUT2D eigenvalue weighted by atomic mass is 35.5. The zero-order valence-corrected chi connectivity index (χ0v) is 14.2. The van der Waals surface area contributed by atoms with Gasteiger partial charge in [0.1, 0.15) is 11.6 Å². The van der Waals surface area contributed by atoms with E-state index in [1.165, 1.54) is 18.2 Å². The van der Waals surface area contributed by atoms with Crippen LogP contribution in [-0.2, 0) is 0 Å². The van der Waals surface area contributed by atoms with Gasteiger partial charge in [0.15, 0.2) is 0 Å². The summed E-state index contributed by atoms with van der Waals surface area (Å²) in [5.74, 6) is -1.28. The molecule has 0 radical (unpaired) electrons. The Bertz CT molecular complexity index is 1040. The maximum absolute atomic E-state index is 13.8. The molecule has 1 N–H and O–H groups in total. The zero-order chi connectivity index (χ0) is 18.8. The van der Waals surface area contributed by atoms with Crippen LogP contribution in [0.2, 0.25) is 5.02 Å². The minimum absolute atomic E-state index is 0.0527. The molecule has 9 heteroatoms. The number of carbonyl (C=O) groups is 1. The SMILES string of the molecule is N#Cc1cc(F)cc(-c2nc(OC(=O)O)sc2-c2cc(F)cc(Cl)c2)c1. The van der Waals surface area contributed by atoms with Gasteiger partial charge in [-0.2, -0.15) is 5.26 Å². The summed E-state index contributed by atoms with van der Waals surface area (Å²) in [6.45, 7) is 0. The number of halogens is 3. The zero-order valence-electron chi connectivity index (χ0n) is 12.7. The molecule has 0 bridgehead atoms. The van der Waals surface area contributed by atoms with Crippen LogP contribution >= 0.6 is 22.9 Å². The first-order chi connectivity index (χ1) is 12.4. The van der Waals surface area contributed by atoms with E-state index in [2.05, 4.69) is 9.72 Å². The Morgan fingerprint density at radius 1 is 1.15 bits per heavy atom. The third-order valence-electron chi connectivity index (χ3n) is 3.21. The van der Waals surface area contributed by atoms with Crippen LogP contribution < -0.4 is 4.74 Å². The van der Waals surface area contributed by atoms with Gasteiger partial charge in [0.25, 0.3) is 5.19 Å². The topological polar surface area (TPSA) is 83.2 Å². The van der Waals surface area contributed by atoms with Crippen molar-refractivity contribution < 1.29 is 23.4 Å². The Hall–Kier alpha value is -3.02. The Morgan fingerprint density at radius 2 is 1.85 bits per heavy atom. The summed E-state index contributed by atoms with van der Waals surface area (Å²) >= 11 is 6.71. The molecule has 0 atom stereocenters. The molecule has 130 valence electrons. The second kappa shape index (κ2) is 7.07. The van der Waals surface area contributed by atoms with E-state index >= 15 is 0 Å². The summed E-state index contributed by atoms with van der Waals surface area (Å²) in [6, 6.07) is 9.12. The van der Waals surface area contributed by atoms with Crippen molar-refractivity contribution in [3.05, 3.63) is 58.6 Å². The van der Waals surface area contributed by atoms with Crippen molar-refractivity contribution in [2.45, 2.75) is 0 Å². The van der Waals surface area contributed by atoms with Crippen molar-refractivity contribution in [3.63, 3.8) is 0 Å². The molecule has 1 heterocycles. The second-order valence-electron chi connectivity index (χ2n) is 5.02. The molecule has 3 aromatic rings. The fourth-order valence-electron chi connectivity index (χ4n) is 2.29. The number of benzene rings is 2. The van der Waals surface area contributed by atoms with Gasteiger partial charge in [-0.1, -0.05) is 22.9 Å². The number of hydrogen-bond acceptors (Lipinski definition) is 5. The van der Waals surface area contributed by atoms with Crippen LogP contribution in [-0.4, -0.2) is 16.2 Å². The van der Waals surface area contributed by atoms with Crippen molar-refractivity contribution >= 4 is 29.1 Å². The standard InChI is InChI=1S/C17H7ClF2N2O3S/c18-11-3-10(5-13(20)6-11)15-14(22-16(26-15)25-17(23)24)9-1-8(7-21)2-12(19)4-9/h1-6H,(H,23,24). The maximum atomic E-state index is 13.8. The number of aromatic nitrogens is 1. The van der Waals surface area contributed by atoms with E-state index < -0.39 is 17.8 Å². The summed E-state index contributed by atoms with van der Waals surface area (Å²) in [6.07, 6.45) is -1.58. The van der Waals surface area contributed by atoms with E-state index in [4.69, 9.17) is 22.0 Å². The minimum atomic E-state index is -1.58. The van der Waals surface area contributed by atoms with E-state index in [1.807, 2.05) is 6.07 Å². The van der Waals surface area contributed by atoms with Crippen molar-refractivity contribution in [1.82, 2.24) is 4.98 Å². The molecule has 0 aliphatic rings. The number of ether oxygens (including phenoxy) is 1. The van der Waals surface area contributed by atoms with E-state index in [1.54, 1.807) is 0 Å². The quantitative estimate of drug-likeness (QED) is 0.608. The van der Waals surface area contributed by atoms with Gasteiger partial charge in [0, 0.05) is 10.6 Å². The number of nitriles is 1. The summed E-state index contributed by atoms with van der Waals surface area (Å²) in [5, 5.41) is 17.7. The number of nitrogens with zero attached hydrogens (tertiary/aromatic N) is 2. The highest BCUT2D eigenvalue weighted by Gasteiger charge is 2.19. The van der Waals surface area contributed by atoms with Crippen molar-refractivity contribution in [2.24, 2.45) is 0 Å². The molecular formula is C17H7ClF2N2O3S. The van der Waals surface area contributed by atoms with E-state index in [-0.39, 0.29) is 27.0 Å². The monoisotopic (exact) mass is 392 g/mol. The molecule has 0 aliphatic heterocycles. The summed E-state index contributed by atoms with van der Waals surface area (Å²) in [5.41, 5.74) is 0.722. The predicted molar refractivity (Wildman–Crippen MR) is 91.3 cm³/mol. The lowest BCUT2D eigenvalue weighted by Crippen LogP contribution is -2.02. The smallest absolute Gasteiger partial charge is 0.449 e. The van der Waals surface area contributed by atoms with Crippen LogP contribution in [0, 0.1) is 23.0 Å². The second-order valence-corrected chi connectivity index (χ2v) is 6.42. The molecule has 0 aliphatic carbocycles. The third kappa shape index (κ3) is 3.79. The molecule has 0 saturated heterocycles. The van der Waals surface area contributed by atoms with E-state index in [9.17, 15) is 13.6 Å². The van der Waals surface area contributed by atoms with Crippen molar-refractivity contribution in [3.8, 4) is 33.0 Å². The van der Waals surface area contributed by atoms with Gasteiger partial charge in [-0.05, 0) is 42.0 Å². The minimum Gasteiger partial charge on any atom is -0.449 e. The normalized spacial score (nSPS) is 10.4. The van der Waals surface area contributed by atoms with Gasteiger partial charge in [0.05, 0.1) is 22.2 Å². The Kier molecular flexibility index (Phi) is 4.84. The Labute approximate surface area is 154 Å². The molecule has 1 aromatic heterocycles. The number of rotatable bonds is 3. The molecule has 0 unspecified atom stereocenters. The molecular weight excluding hydrogens is 386 g/mol. The molecule has 0 amide bonds. The molecule has 0 spiro atoms. The first-order valence-electron chi connectivity index (χ1n) is 6.95. The molecule has 5 nitrogen and oxygen atoms in total. The fraction of sp³-hybridized carbons (Fsp3) is 0. The van der Waals surface area contributed by atoms with Crippen LogP contribution in [0.4, 0.5) is 13.6 Å². The van der Waals surface area contributed by atoms with Gasteiger partial charge in [0.2, 0.25) is 0 Å². The average Bonchev–Trinajstić information content (AvgIpc) is 2.96. The Morgan fingerprint density at radius 3 is 2.50 bits per heavy atom. The van der Waals surface area contributed by atoms with Gasteiger partial charge in [-0.3, -0.25) is 0 Å². The molecule has 26 heavy (non-hydrogen) atoms. The molecule has 0 saturated carbocycles. The summed E-state index contributed by atoms with van der Waals surface area (Å²) < 4.78 is 32.1. The largest absolute Gasteiger partial charge is 0.513 e. The first-order valence-corrected chi connectivity index (χ1v) is 8.14. The third-order valence-corrected chi connectivity index (χ3v) is 4.41. The lowest BCUT2D eigenvalue weighted by Gasteiger charge is -2.05. The maximum Gasteiger partial charge on any atom is 0.513 e. The van der Waals surface area contributed by atoms with Gasteiger partial charge in [-0.25, -0.2) is 18.6 Å². The number of carboxylic acid groups (broad SMARTS) is 1. The Balaban J connectivity index is 2.23.